The summed E-state index contributed by atoms with van der Waals surface area (Å²) in [7, 11) is -1.04. The summed E-state index contributed by atoms with van der Waals surface area (Å²) in [6.07, 6.45) is 0.239. The maximum Gasteiger partial charge on any atom is 0.163 e. The first-order valence-electron chi connectivity index (χ1n) is 6.85. The number of aliphatic hydroxyl groups is 1. The van der Waals surface area contributed by atoms with E-state index in [1.807, 2.05) is 38.1 Å². The zero-order valence-electron chi connectivity index (χ0n) is 12.2. The van der Waals surface area contributed by atoms with Gasteiger partial charge in [-0.05, 0) is 44.9 Å². The number of aliphatic hydroxyl groups excluding tert-OH is 1. The lowest BCUT2D eigenvalue weighted by Gasteiger charge is -2.16. The minimum absolute atomic E-state index is 0.0192. The van der Waals surface area contributed by atoms with Crippen LogP contribution < -0.4 is 0 Å². The van der Waals surface area contributed by atoms with E-state index in [0.29, 0.717) is 18.8 Å². The molecule has 112 valence electrons. The quantitative estimate of drug-likeness (QED) is 0.907. The molecule has 1 saturated heterocycles. The summed E-state index contributed by atoms with van der Waals surface area (Å²) >= 11 is 0. The van der Waals surface area contributed by atoms with Crippen molar-refractivity contribution in [2.45, 2.75) is 50.1 Å². The van der Waals surface area contributed by atoms with Crippen molar-refractivity contribution < 1.29 is 18.8 Å². The molecule has 0 radical (unpaired) electrons. The summed E-state index contributed by atoms with van der Waals surface area (Å²) in [4.78, 5) is 0.785. The van der Waals surface area contributed by atoms with Crippen LogP contribution in [0.25, 0.3) is 0 Å². The van der Waals surface area contributed by atoms with Gasteiger partial charge in [-0.3, -0.25) is 4.21 Å². The second-order valence-corrected chi connectivity index (χ2v) is 7.10. The van der Waals surface area contributed by atoms with Crippen molar-refractivity contribution in [3.8, 4) is 0 Å². The monoisotopic (exact) mass is 298 g/mol. The Morgan fingerprint density at radius 2 is 2.05 bits per heavy atom. The van der Waals surface area contributed by atoms with E-state index in [-0.39, 0.29) is 6.10 Å². The summed E-state index contributed by atoms with van der Waals surface area (Å²) in [5.41, 5.74) is 0.833. The largest absolute Gasteiger partial charge is 0.389 e. The molecule has 0 spiro atoms. The molecule has 1 aliphatic heterocycles. The van der Waals surface area contributed by atoms with E-state index in [1.54, 1.807) is 6.92 Å². The fraction of sp³-hybridized carbons (Fsp3) is 0.600. The van der Waals surface area contributed by atoms with Gasteiger partial charge in [0.1, 0.15) is 0 Å². The predicted octanol–water partition coefficient (Wildman–Crippen LogP) is 2.39. The highest BCUT2D eigenvalue weighted by Gasteiger charge is 2.32. The lowest BCUT2D eigenvalue weighted by molar-refractivity contribution is -0.138. The van der Waals surface area contributed by atoms with Gasteiger partial charge < -0.3 is 14.6 Å². The second kappa shape index (κ2) is 6.35. The molecule has 0 bridgehead atoms. The van der Waals surface area contributed by atoms with Crippen molar-refractivity contribution in [1.29, 1.82) is 0 Å². The van der Waals surface area contributed by atoms with E-state index in [9.17, 15) is 9.32 Å². The summed E-state index contributed by atoms with van der Waals surface area (Å²) < 4.78 is 23.4. The van der Waals surface area contributed by atoms with Gasteiger partial charge in [-0.1, -0.05) is 12.1 Å². The molecular formula is C15H22O4S. The van der Waals surface area contributed by atoms with Crippen molar-refractivity contribution in [3.05, 3.63) is 29.8 Å². The lowest BCUT2D eigenvalue weighted by Crippen LogP contribution is -2.22. The van der Waals surface area contributed by atoms with Crippen LogP contribution >= 0.6 is 0 Å². The van der Waals surface area contributed by atoms with E-state index in [4.69, 9.17) is 9.47 Å². The molecule has 1 aliphatic rings. The highest BCUT2D eigenvalue weighted by atomic mass is 32.2. The SMILES string of the molecule is CC(O)c1ccc(S(=O)CCC2COC(C)(C)O2)cc1. The van der Waals surface area contributed by atoms with Crippen LogP contribution in [0.5, 0.6) is 0 Å². The molecule has 2 rings (SSSR count). The maximum absolute atomic E-state index is 12.2. The van der Waals surface area contributed by atoms with Crippen LogP contribution in [0.4, 0.5) is 0 Å². The van der Waals surface area contributed by atoms with Gasteiger partial charge in [-0.2, -0.15) is 0 Å². The van der Waals surface area contributed by atoms with Crippen LogP contribution in [-0.4, -0.2) is 33.6 Å². The van der Waals surface area contributed by atoms with Crippen LogP contribution in [0.3, 0.4) is 0 Å². The van der Waals surface area contributed by atoms with E-state index in [2.05, 4.69) is 0 Å². The number of rotatable bonds is 5. The Labute approximate surface area is 122 Å². The predicted molar refractivity (Wildman–Crippen MR) is 77.9 cm³/mol. The Bertz CT molecular complexity index is 467. The number of hydrogen-bond acceptors (Lipinski definition) is 4. The molecule has 1 aromatic rings. The molecular weight excluding hydrogens is 276 g/mol. The number of benzene rings is 1. The van der Waals surface area contributed by atoms with Gasteiger partial charge in [0.25, 0.3) is 0 Å². The van der Waals surface area contributed by atoms with E-state index >= 15 is 0 Å². The molecule has 0 aliphatic carbocycles. The zero-order valence-corrected chi connectivity index (χ0v) is 13.0. The first-order valence-corrected chi connectivity index (χ1v) is 8.17. The lowest BCUT2D eigenvalue weighted by atomic mass is 10.1. The number of hydrogen-bond donors (Lipinski definition) is 1. The molecule has 0 saturated carbocycles. The van der Waals surface area contributed by atoms with Crippen LogP contribution in [0.1, 0.15) is 38.9 Å². The molecule has 1 N–H and O–H groups in total. The van der Waals surface area contributed by atoms with Gasteiger partial charge in [0.05, 0.1) is 29.6 Å². The maximum atomic E-state index is 12.2. The third-order valence-corrected chi connectivity index (χ3v) is 4.72. The molecule has 3 atom stereocenters. The van der Waals surface area contributed by atoms with Crippen molar-refractivity contribution in [3.63, 3.8) is 0 Å². The molecule has 0 amide bonds. The minimum Gasteiger partial charge on any atom is -0.389 e. The van der Waals surface area contributed by atoms with Crippen molar-refractivity contribution >= 4 is 10.8 Å². The molecule has 1 heterocycles. The molecule has 20 heavy (non-hydrogen) atoms. The van der Waals surface area contributed by atoms with Gasteiger partial charge in [0, 0.05) is 10.6 Å². The van der Waals surface area contributed by atoms with Gasteiger partial charge in [-0.25, -0.2) is 0 Å². The normalized spacial score (nSPS) is 24.5. The van der Waals surface area contributed by atoms with E-state index in [1.165, 1.54) is 0 Å². The fourth-order valence-electron chi connectivity index (χ4n) is 2.16. The zero-order chi connectivity index (χ0) is 14.8. The van der Waals surface area contributed by atoms with Gasteiger partial charge in [-0.15, -0.1) is 0 Å². The summed E-state index contributed by atoms with van der Waals surface area (Å²) in [5.74, 6) is 0.0310. The first-order chi connectivity index (χ1) is 9.37. The van der Waals surface area contributed by atoms with Crippen molar-refractivity contribution in [2.75, 3.05) is 12.4 Å². The van der Waals surface area contributed by atoms with Crippen molar-refractivity contribution in [2.24, 2.45) is 0 Å². The highest BCUT2D eigenvalue weighted by molar-refractivity contribution is 7.85. The fourth-order valence-corrected chi connectivity index (χ4v) is 3.31. The smallest absolute Gasteiger partial charge is 0.163 e. The van der Waals surface area contributed by atoms with Gasteiger partial charge in [0.15, 0.2) is 5.79 Å². The Balaban J connectivity index is 1.86. The third kappa shape index (κ3) is 4.12. The Morgan fingerprint density at radius 1 is 1.40 bits per heavy atom. The minimum atomic E-state index is -1.04. The van der Waals surface area contributed by atoms with Crippen LogP contribution in [0.15, 0.2) is 29.2 Å². The number of ether oxygens (including phenoxy) is 2. The molecule has 5 heteroatoms. The van der Waals surface area contributed by atoms with Gasteiger partial charge in [0.2, 0.25) is 0 Å². The summed E-state index contributed by atoms with van der Waals surface area (Å²) in [5, 5.41) is 9.44. The van der Waals surface area contributed by atoms with Crippen LogP contribution in [0, 0.1) is 0 Å². The molecule has 0 aromatic heterocycles. The first kappa shape index (κ1) is 15.6. The Hall–Kier alpha value is -0.750. The van der Waals surface area contributed by atoms with Crippen LogP contribution in [-0.2, 0) is 20.3 Å². The van der Waals surface area contributed by atoms with Gasteiger partial charge >= 0.3 is 0 Å². The van der Waals surface area contributed by atoms with E-state index < -0.39 is 22.7 Å². The molecule has 1 aromatic carbocycles. The molecule has 4 nitrogen and oxygen atoms in total. The summed E-state index contributed by atoms with van der Waals surface area (Å²) in [6.45, 7) is 6.05. The standard InChI is InChI=1S/C15H22O4S/c1-11(16)12-4-6-14(7-5-12)20(17)9-8-13-10-18-15(2,3)19-13/h4-7,11,13,16H,8-10H2,1-3H3. The van der Waals surface area contributed by atoms with E-state index in [0.717, 1.165) is 10.5 Å². The molecule has 1 fully saturated rings. The van der Waals surface area contributed by atoms with Crippen molar-refractivity contribution in [1.82, 2.24) is 0 Å². The Kier molecular flexibility index (Phi) is 4.96. The summed E-state index contributed by atoms with van der Waals surface area (Å²) in [6, 6.07) is 7.26. The third-order valence-electron chi connectivity index (χ3n) is 3.32. The molecule has 3 unspecified atom stereocenters. The average Bonchev–Trinajstić information content (AvgIpc) is 2.75. The highest BCUT2D eigenvalue weighted by Crippen LogP contribution is 2.24. The average molecular weight is 298 g/mol. The van der Waals surface area contributed by atoms with Crippen LogP contribution in [0.2, 0.25) is 0 Å². The second-order valence-electron chi connectivity index (χ2n) is 5.53. The Morgan fingerprint density at radius 3 is 2.55 bits per heavy atom. The topological polar surface area (TPSA) is 55.8 Å².